The van der Waals surface area contributed by atoms with E-state index in [1.54, 1.807) is 0 Å². The van der Waals surface area contributed by atoms with Gasteiger partial charge in [-0.2, -0.15) is 0 Å². The Balaban J connectivity index is 2.04. The van der Waals surface area contributed by atoms with Gasteiger partial charge in [0.15, 0.2) is 0 Å². The largest absolute Gasteiger partial charge is 0.244 e. The molecule has 0 atom stereocenters. The number of nitrogens with zero attached hydrogens (tertiary/aromatic N) is 2. The molecule has 4 nitrogen and oxygen atoms in total. The van der Waals surface area contributed by atoms with Crippen molar-refractivity contribution in [3.63, 3.8) is 0 Å². The van der Waals surface area contributed by atoms with Gasteiger partial charge >= 0.3 is 0 Å². The van der Waals surface area contributed by atoms with E-state index in [9.17, 15) is 8.42 Å². The lowest BCUT2D eigenvalue weighted by molar-refractivity contribution is 0.267. The zero-order chi connectivity index (χ0) is 16.1. The Morgan fingerprint density at radius 1 is 1.27 bits per heavy atom. The fourth-order valence-electron chi connectivity index (χ4n) is 3.02. The van der Waals surface area contributed by atoms with Crippen LogP contribution in [0.15, 0.2) is 24.4 Å². The van der Waals surface area contributed by atoms with Gasteiger partial charge in [-0.1, -0.05) is 37.6 Å². The molecule has 22 heavy (non-hydrogen) atoms. The lowest BCUT2D eigenvalue weighted by Gasteiger charge is -2.38. The van der Waals surface area contributed by atoms with Crippen LogP contribution in [0.25, 0.3) is 10.8 Å². The molecule has 1 fully saturated rings. The normalized spacial score (nSPS) is 17.1. The molecule has 1 saturated heterocycles. The van der Waals surface area contributed by atoms with Crippen molar-refractivity contribution in [2.45, 2.75) is 25.7 Å². The minimum atomic E-state index is -3.09. The predicted octanol–water partition coefficient (Wildman–Crippen LogP) is 3.37. The van der Waals surface area contributed by atoms with Crippen LogP contribution in [-0.2, 0) is 10.0 Å². The Morgan fingerprint density at radius 3 is 2.55 bits per heavy atom. The first-order valence-corrected chi connectivity index (χ1v) is 9.53. The first kappa shape index (κ1) is 15.7. The molecule has 2 heterocycles. The fraction of sp³-hybridized carbons (Fsp3) is 0.438. The number of benzene rings is 1. The second kappa shape index (κ2) is 5.48. The van der Waals surface area contributed by atoms with E-state index in [1.165, 1.54) is 16.1 Å². The van der Waals surface area contributed by atoms with Crippen molar-refractivity contribution in [1.82, 2.24) is 9.29 Å². The van der Waals surface area contributed by atoms with Crippen molar-refractivity contribution in [3.05, 3.63) is 40.7 Å². The Bertz CT molecular complexity index is 827. The number of hydrogen-bond acceptors (Lipinski definition) is 3. The monoisotopic (exact) mass is 338 g/mol. The highest BCUT2D eigenvalue weighted by Crippen LogP contribution is 2.36. The summed E-state index contributed by atoms with van der Waals surface area (Å²) < 4.78 is 24.6. The van der Waals surface area contributed by atoms with Crippen molar-refractivity contribution >= 4 is 32.4 Å². The number of halogens is 1. The molecule has 0 spiro atoms. The third-order valence-corrected chi connectivity index (χ3v) is 5.76. The molecule has 0 amide bonds. The zero-order valence-electron chi connectivity index (χ0n) is 12.9. The highest BCUT2D eigenvalue weighted by molar-refractivity contribution is 7.88. The zero-order valence-corrected chi connectivity index (χ0v) is 14.4. The quantitative estimate of drug-likeness (QED) is 0.806. The molecule has 6 heteroatoms. The number of sulfonamides is 1. The van der Waals surface area contributed by atoms with Gasteiger partial charge in [0.1, 0.15) is 5.15 Å². The standard InChI is InChI=1S/C16H19ClN2O2S/c1-10(2)12-4-5-13(11-8-19(9-11)22(3,20)21)15-7-18-16(17)6-14(12)15/h4-7,10-11H,8-9H2,1-3H3. The van der Waals surface area contributed by atoms with Crippen molar-refractivity contribution in [1.29, 1.82) is 0 Å². The van der Waals surface area contributed by atoms with E-state index in [4.69, 9.17) is 11.6 Å². The minimum absolute atomic E-state index is 0.224. The van der Waals surface area contributed by atoms with Crippen LogP contribution in [-0.4, -0.2) is 37.1 Å². The summed E-state index contributed by atoms with van der Waals surface area (Å²) in [7, 11) is -3.09. The van der Waals surface area contributed by atoms with Crippen molar-refractivity contribution in [2.24, 2.45) is 0 Å². The van der Waals surface area contributed by atoms with Gasteiger partial charge in [-0.25, -0.2) is 17.7 Å². The Morgan fingerprint density at radius 2 is 1.95 bits per heavy atom. The van der Waals surface area contributed by atoms with Crippen LogP contribution in [0.3, 0.4) is 0 Å². The Labute approximate surface area is 136 Å². The molecular formula is C16H19ClN2O2S. The van der Waals surface area contributed by atoms with Gasteiger partial charge in [-0.05, 0) is 28.5 Å². The lowest BCUT2D eigenvalue weighted by atomic mass is 9.86. The van der Waals surface area contributed by atoms with Gasteiger partial charge in [0, 0.05) is 30.6 Å². The van der Waals surface area contributed by atoms with E-state index >= 15 is 0 Å². The summed E-state index contributed by atoms with van der Waals surface area (Å²) in [5.74, 6) is 0.616. The van der Waals surface area contributed by atoms with Gasteiger partial charge in [0.25, 0.3) is 0 Å². The summed E-state index contributed by atoms with van der Waals surface area (Å²) in [5, 5.41) is 2.68. The van der Waals surface area contributed by atoms with Gasteiger partial charge in [-0.15, -0.1) is 0 Å². The molecule has 0 unspecified atom stereocenters. The summed E-state index contributed by atoms with van der Waals surface area (Å²) >= 11 is 6.06. The third kappa shape index (κ3) is 2.73. The molecule has 1 aromatic heterocycles. The highest BCUT2D eigenvalue weighted by Gasteiger charge is 2.35. The molecule has 0 N–H and O–H groups in total. The molecule has 1 aliphatic rings. The maximum absolute atomic E-state index is 11.5. The minimum Gasteiger partial charge on any atom is -0.244 e. The molecule has 118 valence electrons. The molecule has 0 radical (unpaired) electrons. The number of hydrogen-bond donors (Lipinski definition) is 0. The maximum atomic E-state index is 11.5. The van der Waals surface area contributed by atoms with E-state index in [-0.39, 0.29) is 5.92 Å². The molecule has 0 saturated carbocycles. The van der Waals surface area contributed by atoms with Crippen LogP contribution >= 0.6 is 11.6 Å². The Hall–Kier alpha value is -1.17. The second-order valence-electron chi connectivity index (χ2n) is 6.23. The summed E-state index contributed by atoms with van der Waals surface area (Å²) in [6.45, 7) is 5.38. The molecule has 0 bridgehead atoms. The van der Waals surface area contributed by atoms with Gasteiger partial charge < -0.3 is 0 Å². The van der Waals surface area contributed by atoms with E-state index in [0.29, 0.717) is 24.2 Å². The van der Waals surface area contributed by atoms with Gasteiger partial charge in [0.2, 0.25) is 10.0 Å². The summed E-state index contributed by atoms with van der Waals surface area (Å²) in [4.78, 5) is 4.21. The average molecular weight is 339 g/mol. The van der Waals surface area contributed by atoms with E-state index in [2.05, 4.69) is 31.0 Å². The first-order valence-electron chi connectivity index (χ1n) is 7.30. The van der Waals surface area contributed by atoms with E-state index in [0.717, 1.165) is 16.3 Å². The fourth-order valence-corrected chi connectivity index (χ4v) is 4.08. The molecular weight excluding hydrogens is 320 g/mol. The number of rotatable bonds is 3. The maximum Gasteiger partial charge on any atom is 0.211 e. The van der Waals surface area contributed by atoms with Crippen LogP contribution in [0.1, 0.15) is 36.8 Å². The van der Waals surface area contributed by atoms with Crippen LogP contribution in [0.5, 0.6) is 0 Å². The van der Waals surface area contributed by atoms with Crippen molar-refractivity contribution in [3.8, 4) is 0 Å². The second-order valence-corrected chi connectivity index (χ2v) is 8.60. The number of fused-ring (bicyclic) bond motifs is 1. The molecule has 1 aromatic carbocycles. The molecule has 2 aromatic rings. The SMILES string of the molecule is CC(C)c1ccc(C2CN(S(C)(=O)=O)C2)c2cnc(Cl)cc12. The van der Waals surface area contributed by atoms with Crippen LogP contribution in [0, 0.1) is 0 Å². The van der Waals surface area contributed by atoms with Gasteiger partial charge in [-0.3, -0.25) is 0 Å². The van der Waals surface area contributed by atoms with Crippen molar-refractivity contribution in [2.75, 3.05) is 19.3 Å². The van der Waals surface area contributed by atoms with E-state index in [1.807, 2.05) is 12.3 Å². The van der Waals surface area contributed by atoms with Gasteiger partial charge in [0.05, 0.1) is 6.26 Å². The van der Waals surface area contributed by atoms with Crippen LogP contribution < -0.4 is 0 Å². The van der Waals surface area contributed by atoms with Crippen molar-refractivity contribution < 1.29 is 8.42 Å². The smallest absolute Gasteiger partial charge is 0.211 e. The topological polar surface area (TPSA) is 50.3 Å². The Kier molecular flexibility index (Phi) is 3.91. The third-order valence-electron chi connectivity index (χ3n) is 4.31. The average Bonchev–Trinajstić information content (AvgIpc) is 2.34. The summed E-state index contributed by atoms with van der Waals surface area (Å²) in [6, 6.07) is 6.14. The van der Waals surface area contributed by atoms with Crippen LogP contribution in [0.2, 0.25) is 5.15 Å². The van der Waals surface area contributed by atoms with Crippen LogP contribution in [0.4, 0.5) is 0 Å². The molecule has 3 rings (SSSR count). The van der Waals surface area contributed by atoms with E-state index < -0.39 is 10.0 Å². The molecule has 0 aliphatic carbocycles. The summed E-state index contributed by atoms with van der Waals surface area (Å²) in [5.41, 5.74) is 2.39. The predicted molar refractivity (Wildman–Crippen MR) is 90.0 cm³/mol. The number of pyridine rings is 1. The number of aromatic nitrogens is 1. The highest BCUT2D eigenvalue weighted by atomic mass is 35.5. The molecule has 1 aliphatic heterocycles. The first-order chi connectivity index (χ1) is 10.3. The summed E-state index contributed by atoms with van der Waals surface area (Å²) in [6.07, 6.45) is 3.06. The lowest BCUT2D eigenvalue weighted by Crippen LogP contribution is -2.47.